The molecule has 2 fully saturated rings. The average molecular weight is 210 g/mol. The Morgan fingerprint density at radius 2 is 1.93 bits per heavy atom. The van der Waals surface area contributed by atoms with Crippen molar-refractivity contribution >= 4 is 0 Å². The molecule has 1 saturated heterocycles. The van der Waals surface area contributed by atoms with Gasteiger partial charge in [-0.05, 0) is 43.9 Å². The van der Waals surface area contributed by atoms with E-state index in [4.69, 9.17) is 4.74 Å². The lowest BCUT2D eigenvalue weighted by atomic mass is 9.67. The summed E-state index contributed by atoms with van der Waals surface area (Å²) in [7, 11) is 0. The van der Waals surface area contributed by atoms with Crippen LogP contribution in [0.15, 0.2) is 0 Å². The normalized spacial score (nSPS) is 40.8. The minimum absolute atomic E-state index is 0.513. The van der Waals surface area contributed by atoms with Gasteiger partial charge in [-0.3, -0.25) is 0 Å². The molecular weight excluding hydrogens is 184 g/mol. The van der Waals surface area contributed by atoms with E-state index < -0.39 is 0 Å². The SMILES string of the molecule is CCC(CC)C1C2CCCC(C2)OC1C. The smallest absolute Gasteiger partial charge is 0.0584 e. The summed E-state index contributed by atoms with van der Waals surface area (Å²) in [5, 5.41) is 0. The van der Waals surface area contributed by atoms with E-state index in [0.717, 1.165) is 17.8 Å². The minimum Gasteiger partial charge on any atom is -0.375 e. The zero-order chi connectivity index (χ0) is 10.8. The molecular formula is C14H26O. The van der Waals surface area contributed by atoms with E-state index in [2.05, 4.69) is 20.8 Å². The van der Waals surface area contributed by atoms with Crippen LogP contribution in [0.1, 0.15) is 59.3 Å². The standard InChI is InChI=1S/C14H26O/c1-4-11(5-2)14-10(3)15-13-8-6-7-12(14)9-13/h10-14H,4-9H2,1-3H3. The summed E-state index contributed by atoms with van der Waals surface area (Å²) in [5.74, 6) is 2.71. The maximum atomic E-state index is 6.15. The van der Waals surface area contributed by atoms with Gasteiger partial charge in [-0.2, -0.15) is 0 Å². The number of ether oxygens (including phenoxy) is 1. The van der Waals surface area contributed by atoms with Gasteiger partial charge < -0.3 is 4.74 Å². The molecule has 1 heteroatoms. The zero-order valence-corrected chi connectivity index (χ0v) is 10.5. The van der Waals surface area contributed by atoms with Crippen LogP contribution in [0.2, 0.25) is 0 Å². The second-order valence-electron chi connectivity index (χ2n) is 5.54. The minimum atomic E-state index is 0.513. The van der Waals surface area contributed by atoms with Crippen LogP contribution < -0.4 is 0 Å². The lowest BCUT2D eigenvalue weighted by molar-refractivity contribution is -0.137. The molecule has 0 spiro atoms. The van der Waals surface area contributed by atoms with E-state index in [9.17, 15) is 0 Å². The zero-order valence-electron chi connectivity index (χ0n) is 10.5. The van der Waals surface area contributed by atoms with E-state index in [0.29, 0.717) is 12.2 Å². The van der Waals surface area contributed by atoms with Crippen LogP contribution in [0.3, 0.4) is 0 Å². The Labute approximate surface area is 94.6 Å². The third kappa shape index (κ3) is 2.22. The molecule has 15 heavy (non-hydrogen) atoms. The molecule has 4 atom stereocenters. The van der Waals surface area contributed by atoms with Crippen LogP contribution in [0.4, 0.5) is 0 Å². The summed E-state index contributed by atoms with van der Waals surface area (Å²) < 4.78 is 6.15. The third-order valence-corrected chi connectivity index (χ3v) is 4.75. The second kappa shape index (κ2) is 4.86. The van der Waals surface area contributed by atoms with E-state index in [1.54, 1.807) is 0 Å². The quantitative estimate of drug-likeness (QED) is 0.683. The van der Waals surface area contributed by atoms with Crippen molar-refractivity contribution in [2.24, 2.45) is 17.8 Å². The third-order valence-electron chi connectivity index (χ3n) is 4.75. The largest absolute Gasteiger partial charge is 0.375 e. The van der Waals surface area contributed by atoms with Crippen molar-refractivity contribution in [2.45, 2.75) is 71.5 Å². The monoisotopic (exact) mass is 210 g/mol. The lowest BCUT2D eigenvalue weighted by Gasteiger charge is -2.47. The molecule has 0 N–H and O–H groups in total. The first-order chi connectivity index (χ1) is 7.26. The molecule has 1 aliphatic heterocycles. The Balaban J connectivity index is 2.07. The van der Waals surface area contributed by atoms with E-state index in [-0.39, 0.29) is 0 Å². The first-order valence-corrected chi connectivity index (χ1v) is 6.91. The van der Waals surface area contributed by atoms with Gasteiger partial charge in [0.15, 0.2) is 0 Å². The van der Waals surface area contributed by atoms with Gasteiger partial charge in [0.25, 0.3) is 0 Å². The van der Waals surface area contributed by atoms with E-state index >= 15 is 0 Å². The van der Waals surface area contributed by atoms with Gasteiger partial charge in [-0.15, -0.1) is 0 Å². The summed E-state index contributed by atoms with van der Waals surface area (Å²) in [6.07, 6.45) is 9.31. The molecule has 88 valence electrons. The molecule has 0 aromatic carbocycles. The van der Waals surface area contributed by atoms with E-state index in [1.165, 1.54) is 38.5 Å². The van der Waals surface area contributed by atoms with Crippen molar-refractivity contribution in [3.8, 4) is 0 Å². The highest BCUT2D eigenvalue weighted by Gasteiger charge is 2.41. The molecule has 0 amide bonds. The van der Waals surface area contributed by atoms with Crippen LogP contribution in [0, 0.1) is 17.8 Å². The molecule has 2 aliphatic rings. The molecule has 1 aliphatic carbocycles. The van der Waals surface area contributed by atoms with Crippen molar-refractivity contribution in [1.29, 1.82) is 0 Å². The van der Waals surface area contributed by atoms with Gasteiger partial charge in [-0.1, -0.05) is 33.1 Å². The fourth-order valence-corrected chi connectivity index (χ4v) is 4.03. The molecule has 2 rings (SSSR count). The molecule has 0 aromatic rings. The highest BCUT2D eigenvalue weighted by molar-refractivity contribution is 4.89. The van der Waals surface area contributed by atoms with Crippen LogP contribution in [0.5, 0.6) is 0 Å². The predicted molar refractivity (Wildman–Crippen MR) is 63.9 cm³/mol. The second-order valence-corrected chi connectivity index (χ2v) is 5.54. The van der Waals surface area contributed by atoms with Crippen LogP contribution in [-0.2, 0) is 4.74 Å². The number of hydrogen-bond acceptors (Lipinski definition) is 1. The molecule has 1 heterocycles. The van der Waals surface area contributed by atoms with Gasteiger partial charge in [-0.25, -0.2) is 0 Å². The Kier molecular flexibility index (Phi) is 3.71. The summed E-state index contributed by atoms with van der Waals surface area (Å²) >= 11 is 0. The van der Waals surface area contributed by atoms with Gasteiger partial charge in [0.05, 0.1) is 12.2 Å². The summed E-state index contributed by atoms with van der Waals surface area (Å²) in [5.41, 5.74) is 0. The predicted octanol–water partition coefficient (Wildman–Crippen LogP) is 4.02. The highest BCUT2D eigenvalue weighted by atomic mass is 16.5. The molecule has 1 saturated carbocycles. The first kappa shape index (κ1) is 11.4. The maximum Gasteiger partial charge on any atom is 0.0584 e. The first-order valence-electron chi connectivity index (χ1n) is 6.91. The Bertz CT molecular complexity index is 196. The molecule has 1 nitrogen and oxygen atoms in total. The summed E-state index contributed by atoms with van der Waals surface area (Å²) in [4.78, 5) is 0. The molecule has 4 unspecified atom stereocenters. The van der Waals surface area contributed by atoms with Gasteiger partial charge in [0.1, 0.15) is 0 Å². The Hall–Kier alpha value is -0.0400. The molecule has 2 bridgehead atoms. The number of hydrogen-bond donors (Lipinski definition) is 0. The maximum absolute atomic E-state index is 6.15. The van der Waals surface area contributed by atoms with Crippen molar-refractivity contribution in [2.75, 3.05) is 0 Å². The van der Waals surface area contributed by atoms with Gasteiger partial charge in [0, 0.05) is 0 Å². The van der Waals surface area contributed by atoms with Crippen LogP contribution in [0.25, 0.3) is 0 Å². The average Bonchev–Trinajstić information content (AvgIpc) is 2.24. The van der Waals surface area contributed by atoms with E-state index in [1.807, 2.05) is 0 Å². The summed E-state index contributed by atoms with van der Waals surface area (Å²) in [6.45, 7) is 7.00. The molecule has 0 radical (unpaired) electrons. The van der Waals surface area contributed by atoms with Crippen molar-refractivity contribution in [1.82, 2.24) is 0 Å². The topological polar surface area (TPSA) is 9.23 Å². The summed E-state index contributed by atoms with van der Waals surface area (Å²) in [6, 6.07) is 0. The number of rotatable bonds is 3. The highest BCUT2D eigenvalue weighted by Crippen LogP contribution is 2.44. The van der Waals surface area contributed by atoms with Crippen molar-refractivity contribution in [3.05, 3.63) is 0 Å². The van der Waals surface area contributed by atoms with Gasteiger partial charge in [0.2, 0.25) is 0 Å². The fraction of sp³-hybridized carbons (Fsp3) is 1.00. The van der Waals surface area contributed by atoms with Crippen molar-refractivity contribution < 1.29 is 4.74 Å². The fourth-order valence-electron chi connectivity index (χ4n) is 4.03. The Morgan fingerprint density at radius 1 is 1.20 bits per heavy atom. The van der Waals surface area contributed by atoms with Crippen molar-refractivity contribution in [3.63, 3.8) is 0 Å². The Morgan fingerprint density at radius 3 is 2.60 bits per heavy atom. The van der Waals surface area contributed by atoms with Crippen LogP contribution in [-0.4, -0.2) is 12.2 Å². The van der Waals surface area contributed by atoms with Crippen LogP contribution >= 0.6 is 0 Å². The molecule has 0 aromatic heterocycles. The van der Waals surface area contributed by atoms with Gasteiger partial charge >= 0.3 is 0 Å². The number of fused-ring (bicyclic) bond motifs is 2. The lowest BCUT2D eigenvalue weighted by Crippen LogP contribution is -2.45.